The Hall–Kier alpha value is -2.59. The Morgan fingerprint density at radius 2 is 1.32 bits per heavy atom. The van der Waals surface area contributed by atoms with E-state index in [0.717, 1.165) is 10.5 Å². The summed E-state index contributed by atoms with van der Waals surface area (Å²) < 4.78 is 27.3. The van der Waals surface area contributed by atoms with Crippen molar-refractivity contribution in [3.8, 4) is 0 Å². The van der Waals surface area contributed by atoms with Gasteiger partial charge in [0.15, 0.2) is 18.3 Å². The van der Waals surface area contributed by atoms with Crippen molar-refractivity contribution < 1.29 is 42.9 Å². The molecule has 2 rings (SSSR count). The Morgan fingerprint density at radius 3 is 1.84 bits per heavy atom. The van der Waals surface area contributed by atoms with Crippen molar-refractivity contribution in [1.29, 1.82) is 0 Å². The van der Waals surface area contributed by atoms with Crippen LogP contribution in [0.5, 0.6) is 0 Å². The van der Waals surface area contributed by atoms with E-state index in [0.29, 0.717) is 0 Å². The van der Waals surface area contributed by atoms with Gasteiger partial charge in [-0.25, -0.2) is 0 Å². The van der Waals surface area contributed by atoms with Crippen LogP contribution in [0.2, 0.25) is 0 Å². The molecule has 1 heterocycles. The van der Waals surface area contributed by atoms with Crippen molar-refractivity contribution in [3.63, 3.8) is 0 Å². The van der Waals surface area contributed by atoms with Gasteiger partial charge in [-0.2, -0.15) is 0 Å². The standard InChI is InChI=1S/C21H26O9S/c1-11-6-8-16(9-7-11)31-21-20(29-15(5)25)19(28-14(4)24)18(27-13(3)23)17(30-21)10-26-12(2)22/h6-9,17-21H,10H2,1-5H3/t17?,18-,19+,20+,21?/m1/s1. The minimum absolute atomic E-state index is 0.247. The average molecular weight is 454 g/mol. The van der Waals surface area contributed by atoms with E-state index in [1.807, 2.05) is 31.2 Å². The third kappa shape index (κ3) is 7.55. The molecule has 10 heteroatoms. The third-order valence-electron chi connectivity index (χ3n) is 4.22. The molecule has 31 heavy (non-hydrogen) atoms. The Balaban J connectivity index is 2.43. The first kappa shape index (κ1) is 24.7. The first-order valence-corrected chi connectivity index (χ1v) is 10.5. The molecule has 0 aliphatic carbocycles. The van der Waals surface area contributed by atoms with Crippen molar-refractivity contribution in [2.75, 3.05) is 6.61 Å². The third-order valence-corrected chi connectivity index (χ3v) is 5.38. The van der Waals surface area contributed by atoms with E-state index >= 15 is 0 Å². The number of carbonyl (C=O) groups excluding carboxylic acids is 4. The minimum Gasteiger partial charge on any atom is -0.463 e. The monoisotopic (exact) mass is 454 g/mol. The van der Waals surface area contributed by atoms with Gasteiger partial charge in [0, 0.05) is 32.6 Å². The molecule has 1 aromatic carbocycles. The van der Waals surface area contributed by atoms with Gasteiger partial charge < -0.3 is 23.7 Å². The van der Waals surface area contributed by atoms with Gasteiger partial charge in [0.25, 0.3) is 0 Å². The summed E-state index contributed by atoms with van der Waals surface area (Å²) in [4.78, 5) is 47.5. The lowest BCUT2D eigenvalue weighted by molar-refractivity contribution is -0.237. The fraction of sp³-hybridized carbons (Fsp3) is 0.524. The lowest BCUT2D eigenvalue weighted by Gasteiger charge is -2.44. The van der Waals surface area contributed by atoms with Crippen LogP contribution in [0.25, 0.3) is 0 Å². The molecular weight excluding hydrogens is 428 g/mol. The second-order valence-electron chi connectivity index (χ2n) is 7.00. The highest BCUT2D eigenvalue weighted by Crippen LogP contribution is 2.37. The second kappa shape index (κ2) is 11.1. The van der Waals surface area contributed by atoms with Crippen LogP contribution in [0.15, 0.2) is 29.2 Å². The van der Waals surface area contributed by atoms with Crippen molar-refractivity contribution >= 4 is 35.6 Å². The molecule has 0 aromatic heterocycles. The molecule has 0 spiro atoms. The van der Waals surface area contributed by atoms with Crippen LogP contribution in [0, 0.1) is 6.92 Å². The van der Waals surface area contributed by atoms with E-state index < -0.39 is 53.7 Å². The lowest BCUT2D eigenvalue weighted by atomic mass is 9.99. The zero-order chi connectivity index (χ0) is 23.1. The Labute approximate surface area is 184 Å². The van der Waals surface area contributed by atoms with Crippen molar-refractivity contribution in [3.05, 3.63) is 29.8 Å². The molecule has 1 aliphatic rings. The number of aryl methyl sites for hydroxylation is 1. The molecule has 1 aliphatic heterocycles. The first-order valence-electron chi connectivity index (χ1n) is 9.60. The van der Waals surface area contributed by atoms with Gasteiger partial charge in [-0.05, 0) is 19.1 Å². The van der Waals surface area contributed by atoms with Crippen LogP contribution < -0.4 is 0 Å². The van der Waals surface area contributed by atoms with Crippen LogP contribution in [0.3, 0.4) is 0 Å². The maximum atomic E-state index is 11.8. The quantitative estimate of drug-likeness (QED) is 0.448. The van der Waals surface area contributed by atoms with Crippen LogP contribution in [0.1, 0.15) is 33.3 Å². The number of carbonyl (C=O) groups is 4. The molecule has 5 atom stereocenters. The van der Waals surface area contributed by atoms with E-state index in [2.05, 4.69) is 0 Å². The summed E-state index contributed by atoms with van der Waals surface area (Å²) in [5.74, 6) is -2.50. The normalized spacial score (nSPS) is 25.3. The molecule has 170 valence electrons. The SMILES string of the molecule is CC(=O)OCC1OC(Sc2ccc(C)cc2)[C@@H](OC(C)=O)[C@@H](OC(C)=O)[C@@H]1OC(C)=O. The summed E-state index contributed by atoms with van der Waals surface area (Å²) in [6, 6.07) is 7.56. The number of hydrogen-bond donors (Lipinski definition) is 0. The highest BCUT2D eigenvalue weighted by Gasteiger charge is 2.52. The fourth-order valence-electron chi connectivity index (χ4n) is 3.03. The van der Waals surface area contributed by atoms with Crippen LogP contribution in [-0.4, -0.2) is 60.3 Å². The molecule has 0 radical (unpaired) electrons. The molecule has 1 aromatic rings. The molecule has 0 amide bonds. The summed E-state index contributed by atoms with van der Waals surface area (Å²) in [5.41, 5.74) is 0.231. The zero-order valence-electron chi connectivity index (χ0n) is 18.0. The van der Waals surface area contributed by atoms with Crippen molar-refractivity contribution in [1.82, 2.24) is 0 Å². The fourth-order valence-corrected chi connectivity index (χ4v) is 4.14. The zero-order valence-corrected chi connectivity index (χ0v) is 18.8. The molecule has 1 saturated heterocycles. The number of hydrogen-bond acceptors (Lipinski definition) is 10. The largest absolute Gasteiger partial charge is 0.463 e. The van der Waals surface area contributed by atoms with Crippen molar-refractivity contribution in [2.45, 2.75) is 69.4 Å². The Morgan fingerprint density at radius 1 is 0.806 bits per heavy atom. The minimum atomic E-state index is -1.16. The lowest BCUT2D eigenvalue weighted by Crippen LogP contribution is -2.61. The number of ether oxygens (including phenoxy) is 5. The van der Waals surface area contributed by atoms with E-state index in [1.165, 1.54) is 39.5 Å². The van der Waals surface area contributed by atoms with Gasteiger partial charge in [0.2, 0.25) is 0 Å². The summed E-state index contributed by atoms with van der Waals surface area (Å²) in [6.07, 6.45) is -4.35. The van der Waals surface area contributed by atoms with Gasteiger partial charge in [-0.3, -0.25) is 19.2 Å². The predicted molar refractivity (Wildman–Crippen MR) is 109 cm³/mol. The van der Waals surface area contributed by atoms with Crippen LogP contribution >= 0.6 is 11.8 Å². The maximum Gasteiger partial charge on any atom is 0.303 e. The molecular formula is C21H26O9S. The Bertz CT molecular complexity index is 808. The second-order valence-corrected chi connectivity index (χ2v) is 8.17. The summed E-state index contributed by atoms with van der Waals surface area (Å²) >= 11 is 1.24. The summed E-state index contributed by atoms with van der Waals surface area (Å²) in [6.45, 7) is 6.51. The molecule has 0 saturated carbocycles. The van der Waals surface area contributed by atoms with E-state index in [1.54, 1.807) is 0 Å². The number of rotatable bonds is 7. The van der Waals surface area contributed by atoms with Crippen molar-refractivity contribution in [2.24, 2.45) is 0 Å². The highest BCUT2D eigenvalue weighted by atomic mass is 32.2. The van der Waals surface area contributed by atoms with Gasteiger partial charge in [0.1, 0.15) is 18.1 Å². The summed E-state index contributed by atoms with van der Waals surface area (Å²) in [7, 11) is 0. The maximum absolute atomic E-state index is 11.8. The molecule has 9 nitrogen and oxygen atoms in total. The van der Waals surface area contributed by atoms with Crippen LogP contribution in [0.4, 0.5) is 0 Å². The number of thioether (sulfide) groups is 1. The highest BCUT2D eigenvalue weighted by molar-refractivity contribution is 7.99. The number of esters is 4. The molecule has 1 fully saturated rings. The van der Waals surface area contributed by atoms with E-state index in [9.17, 15) is 19.2 Å². The molecule has 2 unspecified atom stereocenters. The first-order chi connectivity index (χ1) is 14.6. The predicted octanol–water partition coefficient (Wildman–Crippen LogP) is 2.17. The van der Waals surface area contributed by atoms with Gasteiger partial charge in [0.05, 0.1) is 0 Å². The van der Waals surface area contributed by atoms with Gasteiger partial charge in [-0.1, -0.05) is 29.5 Å². The molecule has 0 N–H and O–H groups in total. The van der Waals surface area contributed by atoms with Gasteiger partial charge >= 0.3 is 23.9 Å². The van der Waals surface area contributed by atoms with Gasteiger partial charge in [-0.15, -0.1) is 0 Å². The molecule has 0 bridgehead atoms. The topological polar surface area (TPSA) is 114 Å². The number of benzene rings is 1. The smallest absolute Gasteiger partial charge is 0.303 e. The van der Waals surface area contributed by atoms with E-state index in [-0.39, 0.29) is 6.61 Å². The average Bonchev–Trinajstić information content (AvgIpc) is 2.65. The van der Waals surface area contributed by atoms with E-state index in [4.69, 9.17) is 23.7 Å². The summed E-state index contributed by atoms with van der Waals surface area (Å²) in [5, 5.41) is 0. The van der Waals surface area contributed by atoms with Crippen LogP contribution in [-0.2, 0) is 42.9 Å². The Kier molecular flexibility index (Phi) is 8.88.